The molecular formula is C14H24ClN3. The number of rotatable bonds is 7. The topological polar surface area (TPSA) is 40.7 Å². The van der Waals surface area contributed by atoms with Crippen LogP contribution in [0.15, 0.2) is 0 Å². The van der Waals surface area contributed by atoms with Gasteiger partial charge in [-0.15, -0.1) is 0 Å². The zero-order chi connectivity index (χ0) is 13.2. The molecule has 18 heavy (non-hydrogen) atoms. The number of aromatic amines is 1. The zero-order valence-corrected chi connectivity index (χ0v) is 12.4. The van der Waals surface area contributed by atoms with Crippen molar-refractivity contribution in [2.75, 3.05) is 6.54 Å². The molecule has 0 saturated heterocycles. The number of hydrogen-bond acceptors (Lipinski definition) is 2. The quantitative estimate of drug-likeness (QED) is 0.795. The molecule has 1 aliphatic rings. The second-order valence-electron chi connectivity index (χ2n) is 6.08. The van der Waals surface area contributed by atoms with Crippen LogP contribution in [0.4, 0.5) is 0 Å². The summed E-state index contributed by atoms with van der Waals surface area (Å²) < 4.78 is 0. The van der Waals surface area contributed by atoms with Crippen LogP contribution in [-0.4, -0.2) is 16.5 Å². The van der Waals surface area contributed by atoms with E-state index in [1.807, 2.05) is 0 Å². The van der Waals surface area contributed by atoms with Crippen LogP contribution in [0.25, 0.3) is 0 Å². The van der Waals surface area contributed by atoms with Crippen LogP contribution in [0, 0.1) is 11.3 Å². The molecule has 1 saturated carbocycles. The maximum atomic E-state index is 6.13. The van der Waals surface area contributed by atoms with Gasteiger partial charge in [-0.1, -0.05) is 38.8 Å². The van der Waals surface area contributed by atoms with E-state index >= 15 is 0 Å². The minimum Gasteiger partial charge on any atom is -0.344 e. The van der Waals surface area contributed by atoms with Crippen molar-refractivity contribution >= 4 is 11.6 Å². The van der Waals surface area contributed by atoms with E-state index in [9.17, 15) is 0 Å². The van der Waals surface area contributed by atoms with Gasteiger partial charge in [0.2, 0.25) is 0 Å². The summed E-state index contributed by atoms with van der Waals surface area (Å²) >= 11 is 6.13. The SMILES string of the molecule is CCCCc1nc(Cl)c(CNCC2CC2(C)C)[nH]1. The van der Waals surface area contributed by atoms with E-state index in [-0.39, 0.29) is 0 Å². The Kier molecular flexibility index (Phi) is 4.33. The molecule has 0 aromatic carbocycles. The van der Waals surface area contributed by atoms with Gasteiger partial charge in [0.15, 0.2) is 5.15 Å². The third-order valence-electron chi connectivity index (χ3n) is 3.95. The van der Waals surface area contributed by atoms with Gasteiger partial charge >= 0.3 is 0 Å². The first-order chi connectivity index (χ1) is 8.53. The van der Waals surface area contributed by atoms with Crippen molar-refractivity contribution in [3.63, 3.8) is 0 Å². The molecule has 1 atom stereocenters. The fourth-order valence-corrected chi connectivity index (χ4v) is 2.53. The third-order valence-corrected chi connectivity index (χ3v) is 4.27. The van der Waals surface area contributed by atoms with Gasteiger partial charge in [-0.2, -0.15) is 0 Å². The van der Waals surface area contributed by atoms with Crippen molar-refractivity contribution in [3.8, 4) is 0 Å². The molecule has 102 valence electrons. The molecule has 2 rings (SSSR count). The highest BCUT2D eigenvalue weighted by Gasteiger charge is 2.44. The third kappa shape index (κ3) is 3.48. The van der Waals surface area contributed by atoms with Gasteiger partial charge in [0, 0.05) is 13.0 Å². The lowest BCUT2D eigenvalue weighted by molar-refractivity contribution is 0.517. The van der Waals surface area contributed by atoms with E-state index in [2.05, 4.69) is 36.1 Å². The highest BCUT2D eigenvalue weighted by Crippen LogP contribution is 2.50. The highest BCUT2D eigenvalue weighted by atomic mass is 35.5. The largest absolute Gasteiger partial charge is 0.344 e. The summed E-state index contributed by atoms with van der Waals surface area (Å²) in [4.78, 5) is 7.69. The van der Waals surface area contributed by atoms with Crippen LogP contribution in [0.1, 0.15) is 51.6 Å². The first kappa shape index (κ1) is 13.9. The average Bonchev–Trinajstić information content (AvgIpc) is 2.76. The zero-order valence-electron chi connectivity index (χ0n) is 11.6. The summed E-state index contributed by atoms with van der Waals surface area (Å²) in [6.07, 6.45) is 4.67. The number of nitrogens with zero attached hydrogens (tertiary/aromatic N) is 1. The monoisotopic (exact) mass is 269 g/mol. The Balaban J connectivity index is 1.76. The van der Waals surface area contributed by atoms with Gasteiger partial charge in [-0.05, 0) is 30.7 Å². The predicted octanol–water partition coefficient (Wildman–Crippen LogP) is 3.54. The molecule has 0 radical (unpaired) electrons. The molecule has 1 heterocycles. The molecule has 1 unspecified atom stereocenters. The second kappa shape index (κ2) is 5.62. The minimum absolute atomic E-state index is 0.539. The standard InChI is InChI=1S/C14H24ClN3/c1-4-5-6-12-17-11(13(15)18-12)9-16-8-10-7-14(10,2)3/h10,16H,4-9H2,1-3H3,(H,17,18). The lowest BCUT2D eigenvalue weighted by Gasteiger charge is -2.05. The summed E-state index contributed by atoms with van der Waals surface area (Å²) in [5, 5.41) is 4.10. The van der Waals surface area contributed by atoms with E-state index in [1.165, 1.54) is 12.8 Å². The number of nitrogens with one attached hydrogen (secondary N) is 2. The number of hydrogen-bond donors (Lipinski definition) is 2. The smallest absolute Gasteiger partial charge is 0.151 e. The van der Waals surface area contributed by atoms with Crippen LogP contribution in [0.5, 0.6) is 0 Å². The summed E-state index contributed by atoms with van der Waals surface area (Å²) in [6, 6.07) is 0. The van der Waals surface area contributed by atoms with Crippen LogP contribution in [0.3, 0.4) is 0 Å². The molecule has 0 amide bonds. The first-order valence-electron chi connectivity index (χ1n) is 6.97. The number of unbranched alkanes of at least 4 members (excludes halogenated alkanes) is 1. The van der Waals surface area contributed by atoms with Gasteiger partial charge < -0.3 is 10.3 Å². The van der Waals surface area contributed by atoms with Crippen LogP contribution in [0.2, 0.25) is 5.15 Å². The van der Waals surface area contributed by atoms with Crippen molar-refractivity contribution in [1.82, 2.24) is 15.3 Å². The molecule has 1 aromatic rings. The summed E-state index contributed by atoms with van der Waals surface area (Å²) in [6.45, 7) is 8.71. The molecule has 2 N–H and O–H groups in total. The molecular weight excluding hydrogens is 246 g/mol. The molecule has 0 aliphatic heterocycles. The lowest BCUT2D eigenvalue weighted by atomic mass is 10.1. The normalized spacial score (nSPS) is 21.2. The maximum absolute atomic E-state index is 6.13. The fourth-order valence-electron chi connectivity index (χ4n) is 2.32. The van der Waals surface area contributed by atoms with Crippen LogP contribution in [-0.2, 0) is 13.0 Å². The molecule has 0 spiro atoms. The number of aromatic nitrogens is 2. The Hall–Kier alpha value is -0.540. The Morgan fingerprint density at radius 2 is 2.22 bits per heavy atom. The Labute approximate surface area is 115 Å². The fraction of sp³-hybridized carbons (Fsp3) is 0.786. The van der Waals surface area contributed by atoms with Crippen molar-refractivity contribution in [1.29, 1.82) is 0 Å². The van der Waals surface area contributed by atoms with Crippen LogP contribution < -0.4 is 5.32 Å². The Bertz CT molecular complexity index is 398. The molecule has 4 heteroatoms. The number of H-pyrrole nitrogens is 1. The maximum Gasteiger partial charge on any atom is 0.151 e. The number of halogens is 1. The van der Waals surface area contributed by atoms with Gasteiger partial charge in [-0.25, -0.2) is 4.98 Å². The summed E-state index contributed by atoms with van der Waals surface area (Å²) in [5.74, 6) is 1.84. The van der Waals surface area contributed by atoms with Gasteiger partial charge in [0.25, 0.3) is 0 Å². The number of aryl methyl sites for hydroxylation is 1. The van der Waals surface area contributed by atoms with E-state index in [1.54, 1.807) is 0 Å². The van der Waals surface area contributed by atoms with Gasteiger partial charge in [0.05, 0.1) is 5.69 Å². The van der Waals surface area contributed by atoms with E-state index in [4.69, 9.17) is 11.6 Å². The Morgan fingerprint density at radius 1 is 1.50 bits per heavy atom. The van der Waals surface area contributed by atoms with Gasteiger partial charge in [0.1, 0.15) is 5.82 Å². The average molecular weight is 270 g/mol. The highest BCUT2D eigenvalue weighted by molar-refractivity contribution is 6.30. The summed E-state index contributed by atoms with van der Waals surface area (Å²) in [5.41, 5.74) is 1.57. The Morgan fingerprint density at radius 3 is 2.83 bits per heavy atom. The number of imidazole rings is 1. The van der Waals surface area contributed by atoms with E-state index < -0.39 is 0 Å². The molecule has 1 fully saturated rings. The van der Waals surface area contributed by atoms with Crippen LogP contribution >= 0.6 is 11.6 Å². The van der Waals surface area contributed by atoms with Crippen molar-refractivity contribution in [2.45, 2.75) is 53.0 Å². The molecule has 3 nitrogen and oxygen atoms in total. The second-order valence-corrected chi connectivity index (χ2v) is 6.43. The summed E-state index contributed by atoms with van der Waals surface area (Å²) in [7, 11) is 0. The molecule has 1 aliphatic carbocycles. The minimum atomic E-state index is 0.539. The van der Waals surface area contributed by atoms with Crippen molar-refractivity contribution in [2.24, 2.45) is 11.3 Å². The molecule has 0 bridgehead atoms. The predicted molar refractivity (Wildman–Crippen MR) is 75.8 cm³/mol. The van der Waals surface area contributed by atoms with Crippen molar-refractivity contribution in [3.05, 3.63) is 16.7 Å². The van der Waals surface area contributed by atoms with Gasteiger partial charge in [-0.3, -0.25) is 0 Å². The molecule has 1 aromatic heterocycles. The van der Waals surface area contributed by atoms with Crippen molar-refractivity contribution < 1.29 is 0 Å². The first-order valence-corrected chi connectivity index (χ1v) is 7.34. The van der Waals surface area contributed by atoms with E-state index in [0.29, 0.717) is 10.6 Å². The lowest BCUT2D eigenvalue weighted by Crippen LogP contribution is -2.18. The van der Waals surface area contributed by atoms with E-state index in [0.717, 1.165) is 43.4 Å².